The molecule has 84 valence electrons. The molecule has 0 spiro atoms. The molecule has 0 aliphatic carbocycles. The Bertz CT molecular complexity index is 381. The van der Waals surface area contributed by atoms with E-state index in [0.29, 0.717) is 25.1 Å². The highest BCUT2D eigenvalue weighted by Crippen LogP contribution is 2.08. The number of anilines is 1. The van der Waals surface area contributed by atoms with Crippen molar-refractivity contribution in [1.82, 2.24) is 5.32 Å². The highest BCUT2D eigenvalue weighted by atomic mass is 16.4. The van der Waals surface area contributed by atoms with Crippen molar-refractivity contribution in [2.75, 3.05) is 18.4 Å². The van der Waals surface area contributed by atoms with Crippen LogP contribution in [0, 0.1) is 11.3 Å². The van der Waals surface area contributed by atoms with E-state index in [0.717, 1.165) is 5.69 Å². The fourth-order valence-corrected chi connectivity index (χ4v) is 1.18. The lowest BCUT2D eigenvalue weighted by molar-refractivity contribution is 0.194. The second-order valence-corrected chi connectivity index (χ2v) is 3.20. The summed E-state index contributed by atoms with van der Waals surface area (Å²) in [5, 5.41) is 22.3. The molecular formula is C11H13N3O2. The largest absolute Gasteiger partial charge is 0.465 e. The van der Waals surface area contributed by atoms with Gasteiger partial charge in [-0.3, -0.25) is 0 Å². The summed E-state index contributed by atoms with van der Waals surface area (Å²) in [4.78, 5) is 10.1. The first-order chi connectivity index (χ1) is 7.72. The maximum Gasteiger partial charge on any atom is 0.404 e. The van der Waals surface area contributed by atoms with E-state index < -0.39 is 6.09 Å². The molecule has 1 aromatic rings. The van der Waals surface area contributed by atoms with E-state index in [1.807, 2.05) is 18.2 Å². The van der Waals surface area contributed by atoms with E-state index in [1.165, 1.54) is 0 Å². The van der Waals surface area contributed by atoms with Gasteiger partial charge in [-0.15, -0.1) is 0 Å². The lowest BCUT2D eigenvalue weighted by atomic mass is 10.2. The molecule has 0 heterocycles. The molecule has 1 rings (SSSR count). The van der Waals surface area contributed by atoms with Gasteiger partial charge in [-0.2, -0.15) is 5.26 Å². The summed E-state index contributed by atoms with van der Waals surface area (Å²) in [6.45, 7) is 1.12. The number of amides is 1. The van der Waals surface area contributed by atoms with Crippen LogP contribution in [0.5, 0.6) is 0 Å². The Hall–Kier alpha value is -2.22. The van der Waals surface area contributed by atoms with Crippen LogP contribution in [0.2, 0.25) is 0 Å². The predicted molar refractivity (Wildman–Crippen MR) is 60.3 cm³/mol. The van der Waals surface area contributed by atoms with Gasteiger partial charge in [-0.05, 0) is 30.7 Å². The van der Waals surface area contributed by atoms with E-state index in [2.05, 4.69) is 10.6 Å². The summed E-state index contributed by atoms with van der Waals surface area (Å²) in [5.74, 6) is 0. The number of nitrogens with one attached hydrogen (secondary N) is 2. The Morgan fingerprint density at radius 1 is 1.31 bits per heavy atom. The Kier molecular flexibility index (Phi) is 4.67. The minimum absolute atomic E-state index is 0.429. The van der Waals surface area contributed by atoms with Crippen LogP contribution < -0.4 is 10.6 Å². The molecule has 0 fully saturated rings. The monoisotopic (exact) mass is 219 g/mol. The number of hydrogen-bond acceptors (Lipinski definition) is 3. The van der Waals surface area contributed by atoms with Crippen molar-refractivity contribution in [2.45, 2.75) is 6.42 Å². The van der Waals surface area contributed by atoms with Crippen molar-refractivity contribution < 1.29 is 9.90 Å². The van der Waals surface area contributed by atoms with Crippen LogP contribution in [0.1, 0.15) is 12.0 Å². The summed E-state index contributed by atoms with van der Waals surface area (Å²) in [6, 6.07) is 9.15. The Balaban J connectivity index is 2.22. The zero-order valence-electron chi connectivity index (χ0n) is 8.73. The van der Waals surface area contributed by atoms with E-state index in [1.54, 1.807) is 12.1 Å². The first-order valence-electron chi connectivity index (χ1n) is 4.93. The first kappa shape index (κ1) is 11.9. The maximum atomic E-state index is 10.1. The lowest BCUT2D eigenvalue weighted by Gasteiger charge is -2.05. The molecule has 1 aromatic carbocycles. The van der Waals surface area contributed by atoms with E-state index in [-0.39, 0.29) is 0 Å². The third-order valence-electron chi connectivity index (χ3n) is 1.97. The third kappa shape index (κ3) is 4.33. The summed E-state index contributed by atoms with van der Waals surface area (Å²) in [6.07, 6.45) is -0.287. The van der Waals surface area contributed by atoms with Gasteiger partial charge in [0.2, 0.25) is 0 Å². The molecule has 16 heavy (non-hydrogen) atoms. The summed E-state index contributed by atoms with van der Waals surface area (Å²) >= 11 is 0. The van der Waals surface area contributed by atoms with Crippen molar-refractivity contribution in [1.29, 1.82) is 5.26 Å². The molecular weight excluding hydrogens is 206 g/mol. The maximum absolute atomic E-state index is 10.1. The Morgan fingerprint density at radius 2 is 2.00 bits per heavy atom. The van der Waals surface area contributed by atoms with Crippen LogP contribution >= 0.6 is 0 Å². The average Bonchev–Trinajstić information content (AvgIpc) is 2.29. The van der Waals surface area contributed by atoms with Crippen molar-refractivity contribution in [3.63, 3.8) is 0 Å². The smallest absolute Gasteiger partial charge is 0.404 e. The van der Waals surface area contributed by atoms with Gasteiger partial charge in [-0.1, -0.05) is 0 Å². The highest BCUT2D eigenvalue weighted by molar-refractivity contribution is 5.64. The normalized spacial score (nSPS) is 9.19. The molecule has 0 radical (unpaired) electrons. The van der Waals surface area contributed by atoms with Crippen LogP contribution in [-0.4, -0.2) is 24.3 Å². The molecule has 0 aliphatic heterocycles. The predicted octanol–water partition coefficient (Wildman–Crippen LogP) is 1.63. The minimum atomic E-state index is -1.00. The van der Waals surface area contributed by atoms with Crippen LogP contribution in [0.25, 0.3) is 0 Å². The fourth-order valence-electron chi connectivity index (χ4n) is 1.18. The summed E-state index contributed by atoms with van der Waals surface area (Å²) in [5.41, 5.74) is 1.55. The molecule has 1 amide bonds. The molecule has 0 saturated heterocycles. The minimum Gasteiger partial charge on any atom is -0.465 e. The third-order valence-corrected chi connectivity index (χ3v) is 1.97. The van der Waals surface area contributed by atoms with Gasteiger partial charge in [0.05, 0.1) is 11.6 Å². The molecule has 0 atom stereocenters. The second kappa shape index (κ2) is 6.30. The van der Waals surface area contributed by atoms with Crippen LogP contribution in [0.4, 0.5) is 10.5 Å². The van der Waals surface area contributed by atoms with Crippen molar-refractivity contribution in [2.24, 2.45) is 0 Å². The van der Waals surface area contributed by atoms with Crippen LogP contribution in [0.3, 0.4) is 0 Å². The van der Waals surface area contributed by atoms with E-state index in [4.69, 9.17) is 10.4 Å². The van der Waals surface area contributed by atoms with Crippen molar-refractivity contribution in [3.8, 4) is 6.07 Å². The average molecular weight is 219 g/mol. The number of rotatable bonds is 5. The van der Waals surface area contributed by atoms with Gasteiger partial charge >= 0.3 is 6.09 Å². The Morgan fingerprint density at radius 3 is 2.56 bits per heavy atom. The summed E-state index contributed by atoms with van der Waals surface area (Å²) < 4.78 is 0. The Labute approximate surface area is 93.7 Å². The van der Waals surface area contributed by atoms with Gasteiger partial charge in [0.15, 0.2) is 0 Å². The topological polar surface area (TPSA) is 85.2 Å². The van der Waals surface area contributed by atoms with Crippen LogP contribution in [-0.2, 0) is 0 Å². The highest BCUT2D eigenvalue weighted by Gasteiger charge is 1.94. The van der Waals surface area contributed by atoms with Gasteiger partial charge in [0.25, 0.3) is 0 Å². The number of hydrogen-bond donors (Lipinski definition) is 3. The zero-order chi connectivity index (χ0) is 11.8. The van der Waals surface area contributed by atoms with Gasteiger partial charge in [0, 0.05) is 18.8 Å². The second-order valence-electron chi connectivity index (χ2n) is 3.20. The van der Waals surface area contributed by atoms with Gasteiger partial charge in [0.1, 0.15) is 0 Å². The number of carboxylic acid groups (broad SMARTS) is 1. The van der Waals surface area contributed by atoms with Crippen LogP contribution in [0.15, 0.2) is 24.3 Å². The van der Waals surface area contributed by atoms with Crippen molar-refractivity contribution in [3.05, 3.63) is 29.8 Å². The molecule has 0 bridgehead atoms. The van der Waals surface area contributed by atoms with E-state index >= 15 is 0 Å². The fraction of sp³-hybridized carbons (Fsp3) is 0.273. The molecule has 0 aliphatic rings. The number of carbonyl (C=O) groups is 1. The van der Waals surface area contributed by atoms with E-state index in [9.17, 15) is 4.79 Å². The number of benzene rings is 1. The molecule has 0 unspecified atom stereocenters. The molecule has 3 N–H and O–H groups in total. The zero-order valence-corrected chi connectivity index (χ0v) is 8.73. The van der Waals surface area contributed by atoms with Gasteiger partial charge in [-0.25, -0.2) is 4.79 Å². The van der Waals surface area contributed by atoms with Gasteiger partial charge < -0.3 is 15.7 Å². The molecule has 0 saturated carbocycles. The lowest BCUT2D eigenvalue weighted by Crippen LogP contribution is -2.23. The molecule has 0 aromatic heterocycles. The number of nitriles is 1. The van der Waals surface area contributed by atoms with Crippen molar-refractivity contribution >= 4 is 11.8 Å². The first-order valence-corrected chi connectivity index (χ1v) is 4.93. The molecule has 5 heteroatoms. The number of nitrogens with zero attached hydrogens (tertiary/aromatic N) is 1. The quantitative estimate of drug-likeness (QED) is 0.657. The summed E-state index contributed by atoms with van der Waals surface area (Å²) in [7, 11) is 0. The SMILES string of the molecule is N#Cc1ccc(NCCCNC(=O)O)cc1. The standard InChI is InChI=1S/C11H13N3O2/c12-8-9-2-4-10(5-3-9)13-6-1-7-14-11(15)16/h2-5,13-14H,1,6-7H2,(H,15,16). The molecule has 5 nitrogen and oxygen atoms in total.